The average Bonchev–Trinajstić information content (AvgIpc) is 2.19. The van der Waals surface area contributed by atoms with Crippen molar-refractivity contribution in [2.75, 3.05) is 17.2 Å². The maximum atomic E-state index is 11.9. The molecule has 1 saturated heterocycles. The van der Waals surface area contributed by atoms with Crippen LogP contribution < -0.4 is 16.0 Å². The number of carbonyl (C=O) groups is 1. The van der Waals surface area contributed by atoms with Crippen molar-refractivity contribution in [2.45, 2.75) is 25.8 Å². The van der Waals surface area contributed by atoms with E-state index in [0.29, 0.717) is 5.69 Å². The van der Waals surface area contributed by atoms with E-state index in [1.807, 2.05) is 38.1 Å². The molecule has 0 aromatic heterocycles. The maximum Gasteiger partial charge on any atom is 0.322 e. The van der Waals surface area contributed by atoms with Gasteiger partial charge in [0.05, 0.1) is 0 Å². The van der Waals surface area contributed by atoms with Gasteiger partial charge in [-0.2, -0.15) is 0 Å². The van der Waals surface area contributed by atoms with Gasteiger partial charge in [0.1, 0.15) is 0 Å². The molecule has 1 aromatic rings. The zero-order valence-corrected chi connectivity index (χ0v) is 9.66. The van der Waals surface area contributed by atoms with Crippen molar-refractivity contribution >= 4 is 17.4 Å². The van der Waals surface area contributed by atoms with Gasteiger partial charge in [-0.3, -0.25) is 4.90 Å². The Bertz CT molecular complexity index is 397. The lowest BCUT2D eigenvalue weighted by Gasteiger charge is -2.37. The monoisotopic (exact) mass is 219 g/mol. The average molecular weight is 219 g/mol. The highest BCUT2D eigenvalue weighted by atomic mass is 16.2. The summed E-state index contributed by atoms with van der Waals surface area (Å²) >= 11 is 0. The van der Waals surface area contributed by atoms with Crippen molar-refractivity contribution in [1.82, 2.24) is 5.32 Å². The molecule has 1 fully saturated rings. The number of nitrogens with two attached hydrogens (primary N) is 1. The Labute approximate surface area is 95.4 Å². The third-order valence-corrected chi connectivity index (χ3v) is 2.86. The first-order valence-corrected chi connectivity index (χ1v) is 5.43. The summed E-state index contributed by atoms with van der Waals surface area (Å²) in [6.45, 7) is 4.80. The van der Waals surface area contributed by atoms with Crippen molar-refractivity contribution in [3.63, 3.8) is 0 Å². The first-order valence-electron chi connectivity index (χ1n) is 5.43. The van der Waals surface area contributed by atoms with Gasteiger partial charge in [-0.1, -0.05) is 0 Å². The normalized spacial score (nSPS) is 19.4. The highest BCUT2D eigenvalue weighted by molar-refractivity contribution is 5.93. The molecule has 2 amide bonds. The number of hydrogen-bond acceptors (Lipinski definition) is 2. The number of rotatable bonds is 1. The van der Waals surface area contributed by atoms with Crippen LogP contribution in [0.4, 0.5) is 16.2 Å². The largest absolute Gasteiger partial charge is 0.399 e. The summed E-state index contributed by atoms with van der Waals surface area (Å²) in [7, 11) is 0. The summed E-state index contributed by atoms with van der Waals surface area (Å²) in [5.74, 6) is 0. The fourth-order valence-electron chi connectivity index (χ4n) is 1.81. The topological polar surface area (TPSA) is 58.4 Å². The van der Waals surface area contributed by atoms with Crippen LogP contribution in [0.2, 0.25) is 0 Å². The summed E-state index contributed by atoms with van der Waals surface area (Å²) in [6.07, 6.45) is 0.934. The van der Waals surface area contributed by atoms with Gasteiger partial charge < -0.3 is 11.1 Å². The van der Waals surface area contributed by atoms with Gasteiger partial charge in [0, 0.05) is 23.5 Å². The summed E-state index contributed by atoms with van der Waals surface area (Å²) in [5, 5.41) is 2.97. The number of benzene rings is 1. The van der Waals surface area contributed by atoms with Crippen LogP contribution in [-0.2, 0) is 0 Å². The molecular formula is C12H17N3O. The van der Waals surface area contributed by atoms with Crippen LogP contribution in [0.25, 0.3) is 0 Å². The van der Waals surface area contributed by atoms with Gasteiger partial charge in [-0.25, -0.2) is 4.79 Å². The first-order chi connectivity index (χ1) is 7.48. The molecule has 0 unspecified atom stereocenters. The number of hydrogen-bond donors (Lipinski definition) is 2. The lowest BCUT2D eigenvalue weighted by Crippen LogP contribution is -2.57. The van der Waals surface area contributed by atoms with Crippen molar-refractivity contribution in [3.05, 3.63) is 24.3 Å². The van der Waals surface area contributed by atoms with E-state index < -0.39 is 0 Å². The number of amides is 2. The quantitative estimate of drug-likeness (QED) is 0.709. The van der Waals surface area contributed by atoms with Gasteiger partial charge >= 0.3 is 6.03 Å². The predicted molar refractivity (Wildman–Crippen MR) is 65.4 cm³/mol. The van der Waals surface area contributed by atoms with Crippen molar-refractivity contribution in [3.8, 4) is 0 Å². The zero-order chi connectivity index (χ0) is 11.8. The molecule has 0 radical (unpaired) electrons. The van der Waals surface area contributed by atoms with Crippen LogP contribution in [0.3, 0.4) is 0 Å². The number of anilines is 2. The Morgan fingerprint density at radius 3 is 2.50 bits per heavy atom. The minimum atomic E-state index is -0.110. The van der Waals surface area contributed by atoms with Crippen LogP contribution >= 0.6 is 0 Å². The molecular weight excluding hydrogens is 202 g/mol. The first kappa shape index (κ1) is 10.8. The maximum absolute atomic E-state index is 11.9. The van der Waals surface area contributed by atoms with E-state index in [9.17, 15) is 4.79 Å². The molecule has 86 valence electrons. The molecule has 2 rings (SSSR count). The summed E-state index contributed by atoms with van der Waals surface area (Å²) < 4.78 is 0. The molecule has 3 N–H and O–H groups in total. The van der Waals surface area contributed by atoms with E-state index in [2.05, 4.69) is 5.32 Å². The Morgan fingerprint density at radius 2 is 1.94 bits per heavy atom. The second-order valence-corrected chi connectivity index (χ2v) is 4.81. The van der Waals surface area contributed by atoms with Gasteiger partial charge in [0.25, 0.3) is 0 Å². The number of carbonyl (C=O) groups excluding carboxylic acids is 1. The van der Waals surface area contributed by atoms with Crippen molar-refractivity contribution in [1.29, 1.82) is 0 Å². The zero-order valence-electron chi connectivity index (χ0n) is 9.66. The Hall–Kier alpha value is -1.71. The SMILES string of the molecule is CC1(C)CCN(c2ccc(N)cc2)C(=O)N1. The Balaban J connectivity index is 2.17. The van der Waals surface area contributed by atoms with Crippen LogP contribution in [0.5, 0.6) is 0 Å². The molecule has 4 nitrogen and oxygen atoms in total. The van der Waals surface area contributed by atoms with E-state index in [0.717, 1.165) is 18.7 Å². The van der Waals surface area contributed by atoms with E-state index in [1.54, 1.807) is 4.90 Å². The predicted octanol–water partition coefficient (Wildman–Crippen LogP) is 1.97. The lowest BCUT2D eigenvalue weighted by molar-refractivity contribution is 0.224. The Morgan fingerprint density at radius 1 is 1.31 bits per heavy atom. The molecule has 1 heterocycles. The summed E-state index contributed by atoms with van der Waals surface area (Å²) in [4.78, 5) is 13.6. The Kier molecular flexibility index (Phi) is 2.50. The standard InChI is InChI=1S/C12H17N3O/c1-12(2)7-8-15(11(16)14-12)10-5-3-9(13)4-6-10/h3-6H,7-8,13H2,1-2H3,(H,14,16). The molecule has 1 aliphatic heterocycles. The number of urea groups is 1. The van der Waals surface area contributed by atoms with E-state index >= 15 is 0 Å². The van der Waals surface area contributed by atoms with Crippen molar-refractivity contribution < 1.29 is 4.79 Å². The minimum Gasteiger partial charge on any atom is -0.399 e. The van der Waals surface area contributed by atoms with Gasteiger partial charge in [-0.15, -0.1) is 0 Å². The highest BCUT2D eigenvalue weighted by Gasteiger charge is 2.30. The third kappa shape index (κ3) is 2.10. The van der Waals surface area contributed by atoms with Crippen molar-refractivity contribution in [2.24, 2.45) is 0 Å². The number of nitrogens with zero attached hydrogens (tertiary/aromatic N) is 1. The van der Waals surface area contributed by atoms with Crippen LogP contribution in [0.15, 0.2) is 24.3 Å². The van der Waals surface area contributed by atoms with Crippen LogP contribution in [-0.4, -0.2) is 18.1 Å². The highest BCUT2D eigenvalue weighted by Crippen LogP contribution is 2.22. The summed E-state index contributed by atoms with van der Waals surface area (Å²) in [6, 6.07) is 7.31. The van der Waals surface area contributed by atoms with E-state index in [-0.39, 0.29) is 11.6 Å². The van der Waals surface area contributed by atoms with Gasteiger partial charge in [-0.05, 0) is 44.5 Å². The molecule has 16 heavy (non-hydrogen) atoms. The number of nitrogen functional groups attached to an aromatic ring is 1. The smallest absolute Gasteiger partial charge is 0.322 e. The third-order valence-electron chi connectivity index (χ3n) is 2.86. The fourth-order valence-corrected chi connectivity index (χ4v) is 1.81. The molecule has 4 heteroatoms. The second kappa shape index (κ2) is 3.70. The fraction of sp³-hybridized carbons (Fsp3) is 0.417. The molecule has 1 aromatic carbocycles. The van der Waals surface area contributed by atoms with E-state index in [4.69, 9.17) is 5.73 Å². The molecule has 0 spiro atoms. The van der Waals surface area contributed by atoms with Crippen LogP contribution in [0, 0.1) is 0 Å². The molecule has 0 aliphatic carbocycles. The van der Waals surface area contributed by atoms with E-state index in [1.165, 1.54) is 0 Å². The lowest BCUT2D eigenvalue weighted by atomic mass is 9.98. The minimum absolute atomic E-state index is 0.0407. The molecule has 1 aliphatic rings. The molecule has 0 atom stereocenters. The molecule has 0 saturated carbocycles. The molecule has 0 bridgehead atoms. The van der Waals surface area contributed by atoms with Gasteiger partial charge in [0.2, 0.25) is 0 Å². The van der Waals surface area contributed by atoms with Crippen LogP contribution in [0.1, 0.15) is 20.3 Å². The van der Waals surface area contributed by atoms with Gasteiger partial charge in [0.15, 0.2) is 0 Å². The second-order valence-electron chi connectivity index (χ2n) is 4.81. The summed E-state index contributed by atoms with van der Waals surface area (Å²) in [5.41, 5.74) is 7.11. The number of nitrogens with one attached hydrogen (secondary N) is 1.